The molecule has 0 saturated carbocycles. The molecule has 7 rings (SSSR count). The Balaban J connectivity index is 1.66. The average molecular weight is 571 g/mol. The molecule has 0 heterocycles. The van der Waals surface area contributed by atoms with Crippen LogP contribution in [0.2, 0.25) is 0 Å². The van der Waals surface area contributed by atoms with Gasteiger partial charge in [0.05, 0.1) is 5.41 Å². The van der Waals surface area contributed by atoms with E-state index in [1.807, 2.05) is 26.0 Å². The maximum atomic E-state index is 6.19. The van der Waals surface area contributed by atoms with E-state index in [1.165, 1.54) is 33.4 Å². The van der Waals surface area contributed by atoms with E-state index in [0.29, 0.717) is 0 Å². The highest BCUT2D eigenvalue weighted by molar-refractivity contribution is 7.80. The molecule has 0 N–H and O–H groups in total. The van der Waals surface area contributed by atoms with Crippen molar-refractivity contribution < 1.29 is 9.47 Å². The molecule has 0 radical (unpaired) electrons. The van der Waals surface area contributed by atoms with Crippen LogP contribution in [0.25, 0.3) is 32.7 Å². The number of benzene rings is 6. The Labute approximate surface area is 251 Å². The summed E-state index contributed by atoms with van der Waals surface area (Å²) >= 11 is 9.06. The van der Waals surface area contributed by atoms with Gasteiger partial charge in [-0.15, -0.1) is 25.3 Å². The second-order valence-corrected chi connectivity index (χ2v) is 12.0. The van der Waals surface area contributed by atoms with Gasteiger partial charge < -0.3 is 9.47 Å². The van der Waals surface area contributed by atoms with Crippen LogP contribution in [0.15, 0.2) is 121 Å². The van der Waals surface area contributed by atoms with Gasteiger partial charge in [0.2, 0.25) is 0 Å². The van der Waals surface area contributed by atoms with Crippen molar-refractivity contribution in [2.45, 2.75) is 30.1 Å². The summed E-state index contributed by atoms with van der Waals surface area (Å²) < 4.78 is 12.4. The van der Waals surface area contributed by atoms with Crippen LogP contribution < -0.4 is 9.47 Å². The number of hydrogen-bond donors (Lipinski definition) is 2. The van der Waals surface area contributed by atoms with Crippen LogP contribution in [0.1, 0.15) is 36.1 Å². The Morgan fingerprint density at radius 3 is 1.24 bits per heavy atom. The first-order valence-electron chi connectivity index (χ1n) is 13.9. The predicted molar refractivity (Wildman–Crippen MR) is 177 cm³/mol. The molecule has 202 valence electrons. The first-order chi connectivity index (χ1) is 20.0. The molecule has 0 aliphatic heterocycles. The summed E-state index contributed by atoms with van der Waals surface area (Å²) in [5, 5.41) is 4.44. The van der Waals surface area contributed by atoms with Crippen molar-refractivity contribution in [3.63, 3.8) is 0 Å². The van der Waals surface area contributed by atoms with Crippen LogP contribution in [0.4, 0.5) is 0 Å². The molecule has 0 spiro atoms. The van der Waals surface area contributed by atoms with Gasteiger partial charge in [0.25, 0.3) is 0 Å². The lowest BCUT2D eigenvalue weighted by molar-refractivity contribution is 0.313. The Morgan fingerprint density at radius 2 is 0.805 bits per heavy atom. The molecule has 6 aromatic rings. The summed E-state index contributed by atoms with van der Waals surface area (Å²) in [6.07, 6.45) is 0. The van der Waals surface area contributed by atoms with Gasteiger partial charge in [-0.05, 0) is 70.1 Å². The zero-order valence-corrected chi connectivity index (χ0v) is 24.7. The van der Waals surface area contributed by atoms with Crippen LogP contribution in [-0.4, -0.2) is 10.9 Å². The second-order valence-electron chi connectivity index (χ2n) is 10.6. The van der Waals surface area contributed by atoms with E-state index < -0.39 is 5.41 Å². The summed E-state index contributed by atoms with van der Waals surface area (Å²) in [4.78, 5) is 0. The SMILES string of the molecule is CC(S)Oc1cccc2c(C3(c4cccc5c(OC(C)S)cccc45)c4ccccc4-c4ccccc43)cccc12. The largest absolute Gasteiger partial charge is 0.480 e. The monoisotopic (exact) mass is 570 g/mol. The topological polar surface area (TPSA) is 18.5 Å². The van der Waals surface area contributed by atoms with Crippen LogP contribution >= 0.6 is 25.3 Å². The fraction of sp³-hybridized carbons (Fsp3) is 0.135. The lowest BCUT2D eigenvalue weighted by atomic mass is 9.65. The Morgan fingerprint density at radius 1 is 0.439 bits per heavy atom. The standard InChI is InChI=1S/C37H30O2S2/c1-23(40)38-35-21-9-13-27-29(35)15-7-19-33(27)37(31-17-5-3-11-25(31)26-12-4-6-18-32(26)37)34-20-8-16-30-28(34)14-10-22-36(30)39-24(2)41/h3-24,40-41H,1-2H3. The maximum Gasteiger partial charge on any atom is 0.138 e. The molecule has 2 unspecified atom stereocenters. The molecular weight excluding hydrogens is 541 g/mol. The molecule has 41 heavy (non-hydrogen) atoms. The maximum absolute atomic E-state index is 6.19. The van der Waals surface area contributed by atoms with Gasteiger partial charge in [-0.3, -0.25) is 0 Å². The highest BCUT2D eigenvalue weighted by Gasteiger charge is 2.47. The van der Waals surface area contributed by atoms with Gasteiger partial charge in [-0.1, -0.05) is 109 Å². The van der Waals surface area contributed by atoms with Crippen LogP contribution in [-0.2, 0) is 5.41 Å². The molecule has 0 aromatic heterocycles. The molecule has 1 aliphatic carbocycles. The lowest BCUT2D eigenvalue weighted by Crippen LogP contribution is -2.29. The summed E-state index contributed by atoms with van der Waals surface area (Å²) in [7, 11) is 0. The Kier molecular flexibility index (Phi) is 6.49. The second kappa shape index (κ2) is 10.2. The van der Waals surface area contributed by atoms with Crippen LogP contribution in [0.5, 0.6) is 11.5 Å². The van der Waals surface area contributed by atoms with Gasteiger partial charge in [0.15, 0.2) is 0 Å². The molecule has 0 amide bonds. The number of ether oxygens (including phenoxy) is 2. The molecule has 2 nitrogen and oxygen atoms in total. The van der Waals surface area contributed by atoms with E-state index in [9.17, 15) is 0 Å². The van der Waals surface area contributed by atoms with Crippen molar-refractivity contribution in [3.05, 3.63) is 144 Å². The predicted octanol–water partition coefficient (Wildman–Crippen LogP) is 9.67. The van der Waals surface area contributed by atoms with Crippen molar-refractivity contribution in [2.24, 2.45) is 0 Å². The molecule has 1 aliphatic rings. The number of thiol groups is 2. The third kappa shape index (κ3) is 4.04. The number of fused-ring (bicyclic) bond motifs is 5. The van der Waals surface area contributed by atoms with Crippen molar-refractivity contribution in [1.29, 1.82) is 0 Å². The minimum Gasteiger partial charge on any atom is -0.480 e. The van der Waals surface area contributed by atoms with Crippen LogP contribution in [0, 0.1) is 0 Å². The molecule has 0 bridgehead atoms. The third-order valence-corrected chi connectivity index (χ3v) is 8.33. The molecule has 0 saturated heterocycles. The van der Waals surface area contributed by atoms with Gasteiger partial charge >= 0.3 is 0 Å². The van der Waals surface area contributed by atoms with Crippen molar-refractivity contribution >= 4 is 46.8 Å². The minimum atomic E-state index is -0.581. The summed E-state index contributed by atoms with van der Waals surface area (Å²) in [6, 6.07) is 43.5. The van der Waals surface area contributed by atoms with E-state index in [1.54, 1.807) is 0 Å². The van der Waals surface area contributed by atoms with E-state index >= 15 is 0 Å². The van der Waals surface area contributed by atoms with Crippen molar-refractivity contribution in [3.8, 4) is 22.6 Å². The Hall–Kier alpha value is -3.86. The smallest absolute Gasteiger partial charge is 0.138 e. The van der Waals surface area contributed by atoms with E-state index in [4.69, 9.17) is 9.47 Å². The first kappa shape index (κ1) is 26.1. The molecule has 4 heteroatoms. The van der Waals surface area contributed by atoms with Gasteiger partial charge in [0, 0.05) is 10.8 Å². The van der Waals surface area contributed by atoms with Crippen molar-refractivity contribution in [2.75, 3.05) is 0 Å². The molecule has 6 aromatic carbocycles. The van der Waals surface area contributed by atoms with E-state index in [2.05, 4.69) is 134 Å². The molecule has 0 fully saturated rings. The van der Waals surface area contributed by atoms with E-state index in [0.717, 1.165) is 33.0 Å². The van der Waals surface area contributed by atoms with Gasteiger partial charge in [0.1, 0.15) is 22.4 Å². The molecular formula is C37H30O2S2. The van der Waals surface area contributed by atoms with Crippen LogP contribution in [0.3, 0.4) is 0 Å². The highest BCUT2D eigenvalue weighted by Crippen LogP contribution is 2.58. The first-order valence-corrected chi connectivity index (χ1v) is 15.0. The molecule has 2 atom stereocenters. The average Bonchev–Trinajstić information content (AvgIpc) is 3.27. The summed E-state index contributed by atoms with van der Waals surface area (Å²) in [6.45, 7) is 3.89. The third-order valence-electron chi connectivity index (χ3n) is 8.12. The number of rotatable bonds is 6. The zero-order chi connectivity index (χ0) is 28.1. The highest BCUT2D eigenvalue weighted by atomic mass is 32.1. The summed E-state index contributed by atoms with van der Waals surface area (Å²) in [5.41, 5.74) is 6.44. The fourth-order valence-corrected chi connectivity index (χ4v) is 6.98. The number of hydrogen-bond acceptors (Lipinski definition) is 4. The lowest BCUT2D eigenvalue weighted by Gasteiger charge is -2.36. The quantitative estimate of drug-likeness (QED) is 0.153. The van der Waals surface area contributed by atoms with E-state index in [-0.39, 0.29) is 10.9 Å². The zero-order valence-electron chi connectivity index (χ0n) is 22.9. The summed E-state index contributed by atoms with van der Waals surface area (Å²) in [5.74, 6) is 1.66. The fourth-order valence-electron chi connectivity index (χ4n) is 6.75. The van der Waals surface area contributed by atoms with Gasteiger partial charge in [-0.25, -0.2) is 0 Å². The Bertz CT molecular complexity index is 1780. The minimum absolute atomic E-state index is 0.225. The van der Waals surface area contributed by atoms with Crippen molar-refractivity contribution in [1.82, 2.24) is 0 Å². The normalized spacial score (nSPS) is 14.8. The van der Waals surface area contributed by atoms with Gasteiger partial charge in [-0.2, -0.15) is 0 Å².